The Balaban J connectivity index is 3.25. The summed E-state index contributed by atoms with van der Waals surface area (Å²) in [6.07, 6.45) is 0.696. The van der Waals surface area contributed by atoms with Crippen LogP contribution in [0.3, 0.4) is 0 Å². The minimum absolute atomic E-state index is 0.150. The summed E-state index contributed by atoms with van der Waals surface area (Å²) >= 11 is 0. The quantitative estimate of drug-likeness (QED) is 0.747. The standard InChI is InChI=1S/C11H12O3/c1-7(2)10-4-3-8(11(13)14)5-9(10)6-12/h3-7H,1-2H3,(H,13,14). The maximum absolute atomic E-state index is 10.7. The van der Waals surface area contributed by atoms with Crippen LogP contribution in [-0.4, -0.2) is 17.4 Å². The molecule has 0 fully saturated rings. The third-order valence-electron chi connectivity index (χ3n) is 2.08. The monoisotopic (exact) mass is 192 g/mol. The molecular weight excluding hydrogens is 180 g/mol. The molecule has 1 aromatic carbocycles. The summed E-state index contributed by atoms with van der Waals surface area (Å²) in [7, 11) is 0. The fraction of sp³-hybridized carbons (Fsp3) is 0.273. The lowest BCUT2D eigenvalue weighted by molar-refractivity contribution is 0.0697. The lowest BCUT2D eigenvalue weighted by Crippen LogP contribution is -2.01. The molecule has 0 aliphatic heterocycles. The van der Waals surface area contributed by atoms with Crippen LogP contribution in [0.1, 0.15) is 46.0 Å². The van der Waals surface area contributed by atoms with Crippen molar-refractivity contribution in [2.24, 2.45) is 0 Å². The maximum atomic E-state index is 10.7. The predicted molar refractivity (Wildman–Crippen MR) is 52.9 cm³/mol. The van der Waals surface area contributed by atoms with Crippen LogP contribution in [0.15, 0.2) is 18.2 Å². The van der Waals surface area contributed by atoms with Gasteiger partial charge in [0.05, 0.1) is 5.56 Å². The number of rotatable bonds is 3. The summed E-state index contributed by atoms with van der Waals surface area (Å²) < 4.78 is 0. The summed E-state index contributed by atoms with van der Waals surface area (Å²) in [5, 5.41) is 8.72. The van der Waals surface area contributed by atoms with Crippen LogP contribution in [0.2, 0.25) is 0 Å². The Morgan fingerprint density at radius 2 is 2.07 bits per heavy atom. The molecule has 0 atom stereocenters. The number of carbonyl (C=O) groups is 2. The molecule has 3 nitrogen and oxygen atoms in total. The molecule has 0 aliphatic carbocycles. The number of aromatic carboxylic acids is 1. The molecule has 0 heterocycles. The predicted octanol–water partition coefficient (Wildman–Crippen LogP) is 2.32. The van der Waals surface area contributed by atoms with Gasteiger partial charge in [-0.25, -0.2) is 4.79 Å². The summed E-state index contributed by atoms with van der Waals surface area (Å²) in [6, 6.07) is 4.62. The Bertz CT molecular complexity index is 367. The molecule has 0 aliphatic rings. The van der Waals surface area contributed by atoms with Gasteiger partial charge in [0, 0.05) is 5.56 Å². The number of aldehydes is 1. The SMILES string of the molecule is CC(C)c1ccc(C(=O)O)cc1C=O. The first-order valence-electron chi connectivity index (χ1n) is 4.38. The van der Waals surface area contributed by atoms with Crippen LogP contribution >= 0.6 is 0 Å². The van der Waals surface area contributed by atoms with Gasteiger partial charge in [0.15, 0.2) is 0 Å². The molecule has 0 aromatic heterocycles. The van der Waals surface area contributed by atoms with E-state index in [1.807, 2.05) is 13.8 Å². The molecule has 0 spiro atoms. The van der Waals surface area contributed by atoms with Gasteiger partial charge in [-0.1, -0.05) is 19.9 Å². The first-order chi connectivity index (χ1) is 6.56. The molecule has 1 N–H and O–H groups in total. The van der Waals surface area contributed by atoms with Crippen LogP contribution in [0, 0.1) is 0 Å². The topological polar surface area (TPSA) is 54.4 Å². The summed E-state index contributed by atoms with van der Waals surface area (Å²) in [6.45, 7) is 3.92. The zero-order chi connectivity index (χ0) is 10.7. The highest BCUT2D eigenvalue weighted by atomic mass is 16.4. The van der Waals surface area contributed by atoms with Crippen LogP contribution in [-0.2, 0) is 0 Å². The van der Waals surface area contributed by atoms with E-state index in [4.69, 9.17) is 5.11 Å². The van der Waals surface area contributed by atoms with Gasteiger partial charge in [0.1, 0.15) is 6.29 Å². The Kier molecular flexibility index (Phi) is 3.02. The van der Waals surface area contributed by atoms with E-state index in [2.05, 4.69) is 0 Å². The Hall–Kier alpha value is -1.64. The minimum Gasteiger partial charge on any atom is -0.478 e. The van der Waals surface area contributed by atoms with E-state index in [1.165, 1.54) is 12.1 Å². The van der Waals surface area contributed by atoms with E-state index in [9.17, 15) is 9.59 Å². The van der Waals surface area contributed by atoms with E-state index in [0.717, 1.165) is 5.56 Å². The fourth-order valence-electron chi connectivity index (χ4n) is 1.34. The number of hydrogen-bond acceptors (Lipinski definition) is 2. The van der Waals surface area contributed by atoms with Crippen molar-refractivity contribution < 1.29 is 14.7 Å². The lowest BCUT2D eigenvalue weighted by Gasteiger charge is -2.08. The molecule has 3 heteroatoms. The molecule has 0 unspecified atom stereocenters. The Morgan fingerprint density at radius 1 is 1.43 bits per heavy atom. The van der Waals surface area contributed by atoms with Crippen molar-refractivity contribution in [3.05, 3.63) is 34.9 Å². The van der Waals surface area contributed by atoms with Crippen molar-refractivity contribution >= 4 is 12.3 Å². The smallest absolute Gasteiger partial charge is 0.335 e. The number of carboxylic acids is 1. The first-order valence-corrected chi connectivity index (χ1v) is 4.38. The van der Waals surface area contributed by atoms with Gasteiger partial charge in [-0.2, -0.15) is 0 Å². The highest BCUT2D eigenvalue weighted by molar-refractivity contribution is 5.90. The van der Waals surface area contributed by atoms with Crippen molar-refractivity contribution in [3.63, 3.8) is 0 Å². The van der Waals surface area contributed by atoms with E-state index in [-0.39, 0.29) is 11.5 Å². The van der Waals surface area contributed by atoms with Gasteiger partial charge in [-0.05, 0) is 23.6 Å². The minimum atomic E-state index is -1.01. The van der Waals surface area contributed by atoms with Crippen LogP contribution in [0.25, 0.3) is 0 Å². The summed E-state index contributed by atoms with van der Waals surface area (Å²) in [5.41, 5.74) is 1.49. The highest BCUT2D eigenvalue weighted by Crippen LogP contribution is 2.19. The molecule has 0 saturated carbocycles. The average Bonchev–Trinajstić information content (AvgIpc) is 2.16. The summed E-state index contributed by atoms with van der Waals surface area (Å²) in [4.78, 5) is 21.3. The van der Waals surface area contributed by atoms with Gasteiger partial charge in [-0.15, -0.1) is 0 Å². The first kappa shape index (κ1) is 10.4. The Labute approximate surface area is 82.4 Å². The molecule has 0 bridgehead atoms. The molecule has 0 amide bonds. The Morgan fingerprint density at radius 3 is 2.50 bits per heavy atom. The number of hydrogen-bond donors (Lipinski definition) is 1. The highest BCUT2D eigenvalue weighted by Gasteiger charge is 2.09. The fourth-order valence-corrected chi connectivity index (χ4v) is 1.34. The van der Waals surface area contributed by atoms with Gasteiger partial charge >= 0.3 is 5.97 Å². The molecule has 1 rings (SSSR count). The van der Waals surface area contributed by atoms with Crippen LogP contribution in [0.4, 0.5) is 0 Å². The lowest BCUT2D eigenvalue weighted by atomic mass is 9.96. The van der Waals surface area contributed by atoms with Crippen molar-refractivity contribution in [2.75, 3.05) is 0 Å². The van der Waals surface area contributed by atoms with Crippen LogP contribution < -0.4 is 0 Å². The van der Waals surface area contributed by atoms with Crippen molar-refractivity contribution in [2.45, 2.75) is 19.8 Å². The van der Waals surface area contributed by atoms with E-state index in [1.54, 1.807) is 6.07 Å². The third kappa shape index (κ3) is 1.99. The summed E-state index contributed by atoms with van der Waals surface area (Å²) in [5.74, 6) is -0.790. The van der Waals surface area contributed by atoms with E-state index in [0.29, 0.717) is 11.8 Å². The second kappa shape index (κ2) is 4.05. The maximum Gasteiger partial charge on any atom is 0.335 e. The second-order valence-corrected chi connectivity index (χ2v) is 3.42. The third-order valence-corrected chi connectivity index (χ3v) is 2.08. The van der Waals surface area contributed by atoms with Gasteiger partial charge in [0.25, 0.3) is 0 Å². The van der Waals surface area contributed by atoms with E-state index < -0.39 is 5.97 Å². The molecule has 0 saturated heterocycles. The van der Waals surface area contributed by atoms with Crippen molar-refractivity contribution in [1.29, 1.82) is 0 Å². The number of carbonyl (C=O) groups excluding carboxylic acids is 1. The van der Waals surface area contributed by atoms with Crippen LogP contribution in [0.5, 0.6) is 0 Å². The van der Waals surface area contributed by atoms with E-state index >= 15 is 0 Å². The van der Waals surface area contributed by atoms with Gasteiger partial charge in [-0.3, -0.25) is 4.79 Å². The second-order valence-electron chi connectivity index (χ2n) is 3.42. The number of benzene rings is 1. The molecule has 14 heavy (non-hydrogen) atoms. The molecular formula is C11H12O3. The number of carboxylic acid groups (broad SMARTS) is 1. The molecule has 0 radical (unpaired) electrons. The van der Waals surface area contributed by atoms with Gasteiger partial charge in [0.2, 0.25) is 0 Å². The van der Waals surface area contributed by atoms with Crippen molar-refractivity contribution in [3.8, 4) is 0 Å². The molecule has 1 aromatic rings. The largest absolute Gasteiger partial charge is 0.478 e. The zero-order valence-corrected chi connectivity index (χ0v) is 8.15. The molecule has 74 valence electrons. The normalized spacial score (nSPS) is 10.2. The van der Waals surface area contributed by atoms with Crippen molar-refractivity contribution in [1.82, 2.24) is 0 Å². The average molecular weight is 192 g/mol. The van der Waals surface area contributed by atoms with Gasteiger partial charge < -0.3 is 5.11 Å². The zero-order valence-electron chi connectivity index (χ0n) is 8.15.